The number of aryl methyl sites for hydroxylation is 1. The van der Waals surface area contributed by atoms with Gasteiger partial charge in [-0.05, 0) is 54.5 Å². The van der Waals surface area contributed by atoms with Gasteiger partial charge in [0.2, 0.25) is 5.00 Å². The van der Waals surface area contributed by atoms with Gasteiger partial charge in [0.25, 0.3) is 10.0 Å². The van der Waals surface area contributed by atoms with Gasteiger partial charge in [-0.3, -0.25) is 4.79 Å². The maximum absolute atomic E-state index is 14.3. The molecule has 1 aliphatic carbocycles. The van der Waals surface area contributed by atoms with Crippen LogP contribution >= 0.6 is 11.3 Å². The molecule has 0 aliphatic heterocycles. The van der Waals surface area contributed by atoms with E-state index >= 15 is 0 Å². The average molecular weight is 539 g/mol. The summed E-state index contributed by atoms with van der Waals surface area (Å²) in [5.74, 6) is -1.36. The fourth-order valence-electron chi connectivity index (χ4n) is 5.14. The van der Waals surface area contributed by atoms with E-state index in [0.717, 1.165) is 16.5 Å². The van der Waals surface area contributed by atoms with Crippen molar-refractivity contribution in [3.05, 3.63) is 107 Å². The predicted octanol–water partition coefficient (Wildman–Crippen LogP) is 7.32. The van der Waals surface area contributed by atoms with Gasteiger partial charge in [-0.15, -0.1) is 0 Å². The molecule has 1 fully saturated rings. The number of para-hydroxylation sites is 1. The van der Waals surface area contributed by atoms with Crippen LogP contribution < -0.4 is 0 Å². The SMILES string of the molecule is [C-]#[N+]c1sccc1-c1c(-c2cccc(C3CC3C(=O)O)c2)n(S(=O)(=O)c2ccc(C)cc2)c2ccccc12. The lowest BCUT2D eigenvalue weighted by atomic mass is 9.97. The minimum absolute atomic E-state index is 0.109. The maximum Gasteiger partial charge on any atom is 0.307 e. The summed E-state index contributed by atoms with van der Waals surface area (Å²) in [6.07, 6.45) is 0.558. The van der Waals surface area contributed by atoms with E-state index in [9.17, 15) is 18.3 Å². The zero-order valence-corrected chi connectivity index (χ0v) is 22.0. The molecule has 3 aromatic carbocycles. The fourth-order valence-corrected chi connectivity index (χ4v) is 7.37. The molecule has 6 nitrogen and oxygen atoms in total. The number of benzene rings is 3. The Morgan fingerprint density at radius 3 is 2.53 bits per heavy atom. The van der Waals surface area contributed by atoms with Crippen molar-refractivity contribution in [1.29, 1.82) is 0 Å². The third-order valence-electron chi connectivity index (χ3n) is 7.10. The molecule has 0 saturated heterocycles. The van der Waals surface area contributed by atoms with Crippen LogP contribution in [-0.4, -0.2) is 23.5 Å². The van der Waals surface area contributed by atoms with Crippen LogP contribution in [0.5, 0.6) is 0 Å². The second-order valence-electron chi connectivity index (χ2n) is 9.49. The smallest absolute Gasteiger partial charge is 0.307 e. The van der Waals surface area contributed by atoms with Gasteiger partial charge in [0.1, 0.15) is 0 Å². The predicted molar refractivity (Wildman–Crippen MR) is 149 cm³/mol. The quantitative estimate of drug-likeness (QED) is 0.230. The third kappa shape index (κ3) is 3.83. The van der Waals surface area contributed by atoms with Gasteiger partial charge in [0.15, 0.2) is 0 Å². The van der Waals surface area contributed by atoms with Crippen molar-refractivity contribution in [1.82, 2.24) is 3.97 Å². The molecule has 8 heteroatoms. The molecular weight excluding hydrogens is 516 g/mol. The average Bonchev–Trinajstić information content (AvgIpc) is 3.46. The molecular formula is C30H22N2O4S2. The van der Waals surface area contributed by atoms with Crippen LogP contribution in [0.2, 0.25) is 0 Å². The fraction of sp³-hybridized carbons (Fsp3) is 0.133. The maximum atomic E-state index is 14.3. The Labute approximate surface area is 224 Å². The Morgan fingerprint density at radius 1 is 1.05 bits per heavy atom. The number of fused-ring (bicyclic) bond motifs is 1. The molecule has 2 aromatic heterocycles. The van der Waals surface area contributed by atoms with Crippen molar-refractivity contribution in [2.24, 2.45) is 5.92 Å². The lowest BCUT2D eigenvalue weighted by Gasteiger charge is -2.15. The normalized spacial score (nSPS) is 16.8. The Morgan fingerprint density at radius 2 is 1.82 bits per heavy atom. The summed E-state index contributed by atoms with van der Waals surface area (Å²) in [5, 5.41) is 12.5. The number of carboxylic acids is 1. The first-order valence-electron chi connectivity index (χ1n) is 12.1. The Hall–Kier alpha value is -4.19. The van der Waals surface area contributed by atoms with Crippen LogP contribution in [0.15, 0.2) is 89.1 Å². The van der Waals surface area contributed by atoms with Crippen LogP contribution in [0.3, 0.4) is 0 Å². The van der Waals surface area contributed by atoms with Gasteiger partial charge < -0.3 is 5.11 Å². The van der Waals surface area contributed by atoms with Gasteiger partial charge in [0.05, 0.1) is 28.6 Å². The summed E-state index contributed by atoms with van der Waals surface area (Å²) in [6.45, 7) is 9.64. The molecule has 1 saturated carbocycles. The van der Waals surface area contributed by atoms with Crippen molar-refractivity contribution in [2.75, 3.05) is 0 Å². The van der Waals surface area contributed by atoms with Crippen molar-refractivity contribution in [3.63, 3.8) is 0 Å². The van der Waals surface area contributed by atoms with Crippen LogP contribution in [0.4, 0.5) is 5.00 Å². The summed E-state index contributed by atoms with van der Waals surface area (Å²) in [7, 11) is -4.04. The molecule has 1 aliphatic rings. The van der Waals surface area contributed by atoms with E-state index in [2.05, 4.69) is 4.85 Å². The number of rotatable bonds is 6. The third-order valence-corrected chi connectivity index (χ3v) is 9.64. The van der Waals surface area contributed by atoms with Crippen molar-refractivity contribution in [3.8, 4) is 22.4 Å². The Balaban J connectivity index is 1.70. The monoisotopic (exact) mass is 538 g/mol. The summed E-state index contributed by atoms with van der Waals surface area (Å²) >= 11 is 1.31. The zero-order valence-electron chi connectivity index (χ0n) is 20.3. The topological polar surface area (TPSA) is 80.7 Å². The molecule has 1 N–H and O–H groups in total. The molecule has 0 radical (unpaired) electrons. The Kier molecular flexibility index (Phi) is 5.71. The first kappa shape index (κ1) is 24.2. The summed E-state index contributed by atoms with van der Waals surface area (Å²) in [6, 6.07) is 23.4. The first-order chi connectivity index (χ1) is 18.3. The van der Waals surface area contributed by atoms with Crippen LogP contribution in [0.1, 0.15) is 23.5 Å². The molecule has 5 aromatic rings. The molecule has 0 spiro atoms. The summed E-state index contributed by atoms with van der Waals surface area (Å²) < 4.78 is 30.0. The van der Waals surface area contributed by atoms with Gasteiger partial charge in [-0.1, -0.05) is 60.2 Å². The highest BCUT2D eigenvalue weighted by Crippen LogP contribution is 2.50. The number of carboxylic acid groups (broad SMARTS) is 1. The summed E-state index contributed by atoms with van der Waals surface area (Å²) in [5.41, 5.74) is 4.79. The number of thiophene rings is 1. The molecule has 2 heterocycles. The molecule has 2 atom stereocenters. The number of nitrogens with zero attached hydrogens (tertiary/aromatic N) is 2. The van der Waals surface area contributed by atoms with E-state index in [1.165, 1.54) is 15.3 Å². The van der Waals surface area contributed by atoms with Gasteiger partial charge in [-0.2, -0.15) is 11.3 Å². The molecule has 38 heavy (non-hydrogen) atoms. The Bertz CT molecular complexity index is 1880. The number of carbonyl (C=O) groups is 1. The highest BCUT2D eigenvalue weighted by Gasteiger charge is 2.44. The van der Waals surface area contributed by atoms with Crippen molar-refractivity contribution >= 4 is 43.2 Å². The molecule has 6 rings (SSSR count). The van der Waals surface area contributed by atoms with E-state index in [1.807, 2.05) is 54.8 Å². The van der Waals surface area contributed by atoms with Crippen LogP contribution in [0, 0.1) is 19.4 Å². The van der Waals surface area contributed by atoms with Gasteiger partial charge in [0, 0.05) is 22.1 Å². The zero-order chi connectivity index (χ0) is 26.6. The van der Waals surface area contributed by atoms with Crippen LogP contribution in [-0.2, 0) is 14.8 Å². The highest BCUT2D eigenvalue weighted by atomic mass is 32.2. The molecule has 0 bridgehead atoms. The molecule has 0 amide bonds. The largest absolute Gasteiger partial charge is 0.481 e. The second kappa shape index (κ2) is 8.98. The summed E-state index contributed by atoms with van der Waals surface area (Å²) in [4.78, 5) is 15.4. The standard InChI is InChI=1S/C30H22N2O4S2/c1-18-10-12-21(13-11-18)38(35,36)32-26-9-4-3-8-22(26)27(23-14-15-37-29(23)31-2)28(32)20-7-5-6-19(16-20)24-17-25(24)30(33)34/h3-16,24-25H,17H2,1H3,(H,33,34). The minimum atomic E-state index is -4.04. The molecule has 188 valence electrons. The van der Waals surface area contributed by atoms with Crippen molar-refractivity contribution < 1.29 is 18.3 Å². The lowest BCUT2D eigenvalue weighted by Crippen LogP contribution is -2.14. The van der Waals surface area contributed by atoms with Crippen LogP contribution in [0.25, 0.3) is 38.1 Å². The highest BCUT2D eigenvalue weighted by molar-refractivity contribution is 7.90. The van der Waals surface area contributed by atoms with E-state index in [0.29, 0.717) is 39.3 Å². The van der Waals surface area contributed by atoms with Crippen molar-refractivity contribution in [2.45, 2.75) is 24.2 Å². The van der Waals surface area contributed by atoms with Gasteiger partial charge >= 0.3 is 5.97 Å². The minimum Gasteiger partial charge on any atom is -0.481 e. The van der Waals surface area contributed by atoms with E-state index < -0.39 is 21.9 Å². The van der Waals surface area contributed by atoms with Gasteiger partial charge in [-0.25, -0.2) is 17.2 Å². The lowest BCUT2D eigenvalue weighted by molar-refractivity contribution is -0.138. The number of hydrogen-bond acceptors (Lipinski definition) is 4. The molecule has 2 unspecified atom stereocenters. The number of aliphatic carboxylic acids is 1. The first-order valence-corrected chi connectivity index (χ1v) is 14.4. The second-order valence-corrected chi connectivity index (χ2v) is 12.2. The number of hydrogen-bond donors (Lipinski definition) is 1. The van der Waals surface area contributed by atoms with E-state index in [-0.39, 0.29) is 10.8 Å². The number of aromatic nitrogens is 1. The van der Waals surface area contributed by atoms with E-state index in [1.54, 1.807) is 36.4 Å². The van der Waals surface area contributed by atoms with E-state index in [4.69, 9.17) is 6.57 Å².